The maximum atomic E-state index is 12.1. The van der Waals surface area contributed by atoms with Gasteiger partial charge in [0.05, 0.1) is 19.8 Å². The average Bonchev–Trinajstić information content (AvgIpc) is 2.90. The Morgan fingerprint density at radius 1 is 0.600 bits per heavy atom. The van der Waals surface area contributed by atoms with Crippen LogP contribution in [0.2, 0.25) is 0 Å². The third-order valence-corrected chi connectivity index (χ3v) is 6.90. The number of hydrogen-bond acceptors (Lipinski definition) is 16. The second kappa shape index (κ2) is 14.0. The molecule has 3 saturated heterocycles. The minimum atomic E-state index is -1.88. The smallest absolute Gasteiger partial charge is 0.217 e. The number of carbonyl (C=O) groups excluding carboxylic acids is 2. The van der Waals surface area contributed by atoms with Crippen molar-refractivity contribution >= 4 is 11.8 Å². The fourth-order valence-electron chi connectivity index (χ4n) is 4.86. The summed E-state index contributed by atoms with van der Waals surface area (Å²) in [6.45, 7) is -0.142. The summed E-state index contributed by atoms with van der Waals surface area (Å²) in [6, 6.07) is -2.88. The Kier molecular flexibility index (Phi) is 11.5. The highest BCUT2D eigenvalue weighted by molar-refractivity contribution is 5.73. The lowest BCUT2D eigenvalue weighted by atomic mass is 9.94. The number of nitrogens with one attached hydrogen (secondary N) is 2. The van der Waals surface area contributed by atoms with Crippen LogP contribution < -0.4 is 10.6 Å². The predicted molar refractivity (Wildman–Crippen MR) is 124 cm³/mol. The first-order valence-electron chi connectivity index (χ1n) is 12.6. The van der Waals surface area contributed by atoms with Gasteiger partial charge in [0.25, 0.3) is 0 Å². The molecule has 18 heteroatoms. The van der Waals surface area contributed by atoms with Crippen molar-refractivity contribution in [3.63, 3.8) is 0 Å². The lowest BCUT2D eigenvalue weighted by Gasteiger charge is -2.49. The van der Waals surface area contributed by atoms with Gasteiger partial charge >= 0.3 is 0 Å². The maximum absolute atomic E-state index is 12.1. The SMILES string of the molecule is CC(=O)N[C@@H]1[C@@H](O)[C@H](O[C@@H]2O[C@H](CO)[C@@H](O)[C@H](O[C@H]3O[C@H](CO)[C@@H](O)[C@H](O)[C@@H]3O)[C@H]2NC(C)=O)[C@@H](CO)O[C@H]1O. The molecule has 0 spiro atoms. The Bertz CT molecular complexity index is 852. The molecule has 3 aliphatic heterocycles. The second-order valence-corrected chi connectivity index (χ2v) is 9.81. The summed E-state index contributed by atoms with van der Waals surface area (Å²) in [6.07, 6.45) is -21.3. The molecule has 40 heavy (non-hydrogen) atoms. The molecule has 11 N–H and O–H groups in total. The van der Waals surface area contributed by atoms with Gasteiger partial charge in [-0.3, -0.25) is 9.59 Å². The molecule has 18 nitrogen and oxygen atoms in total. The third-order valence-electron chi connectivity index (χ3n) is 6.90. The largest absolute Gasteiger partial charge is 0.394 e. The molecule has 3 fully saturated rings. The normalized spacial score (nSPS) is 46.0. The summed E-state index contributed by atoms with van der Waals surface area (Å²) < 4.78 is 27.8. The van der Waals surface area contributed by atoms with Crippen LogP contribution in [0.1, 0.15) is 13.8 Å². The molecule has 0 bridgehead atoms. The number of aliphatic hydroxyl groups is 9. The number of rotatable bonds is 9. The average molecular weight is 587 g/mol. The Balaban J connectivity index is 1.92. The van der Waals surface area contributed by atoms with Crippen molar-refractivity contribution in [3.05, 3.63) is 0 Å². The second-order valence-electron chi connectivity index (χ2n) is 9.81. The number of ether oxygens (including phenoxy) is 5. The van der Waals surface area contributed by atoms with E-state index in [2.05, 4.69) is 10.6 Å². The fourth-order valence-corrected chi connectivity index (χ4v) is 4.86. The number of carbonyl (C=O) groups is 2. The Labute approximate surface area is 228 Å². The van der Waals surface area contributed by atoms with Crippen molar-refractivity contribution in [3.8, 4) is 0 Å². The summed E-state index contributed by atoms with van der Waals surface area (Å²) in [4.78, 5) is 23.7. The zero-order valence-electron chi connectivity index (χ0n) is 21.7. The summed E-state index contributed by atoms with van der Waals surface area (Å²) in [7, 11) is 0. The van der Waals surface area contributed by atoms with Gasteiger partial charge in [0, 0.05) is 13.8 Å². The molecule has 0 saturated carbocycles. The Morgan fingerprint density at radius 2 is 1.10 bits per heavy atom. The van der Waals surface area contributed by atoms with Crippen LogP contribution in [0.5, 0.6) is 0 Å². The van der Waals surface area contributed by atoms with Gasteiger partial charge in [-0.1, -0.05) is 0 Å². The van der Waals surface area contributed by atoms with Crippen LogP contribution in [0.3, 0.4) is 0 Å². The summed E-state index contributed by atoms with van der Waals surface area (Å²) in [5.41, 5.74) is 0. The first-order chi connectivity index (χ1) is 18.8. The molecule has 15 atom stereocenters. The monoisotopic (exact) mass is 586 g/mol. The van der Waals surface area contributed by atoms with E-state index >= 15 is 0 Å². The molecule has 232 valence electrons. The highest BCUT2D eigenvalue weighted by Crippen LogP contribution is 2.32. The topological polar surface area (TPSA) is 286 Å². The molecule has 0 aromatic carbocycles. The standard InChI is InChI=1S/C22H38N2O16/c1-6(28)23-11-15(32)18(10(5-27)36-20(11)35)39-21-12(24-7(2)29)19(14(31)9(4-26)37-21)40-22-17(34)16(33)13(30)8(3-25)38-22/h8-22,25-27,30-35H,3-5H2,1-2H3,(H,23,28)(H,24,29)/t8-,9-,10-,11-,12-,13-,14-,15-,16+,17+,18-,19-,20-,21+,22-/m1/s1. The summed E-state index contributed by atoms with van der Waals surface area (Å²) >= 11 is 0. The van der Waals surface area contributed by atoms with Gasteiger partial charge in [-0.2, -0.15) is 0 Å². The van der Waals surface area contributed by atoms with Crippen molar-refractivity contribution in [1.82, 2.24) is 10.6 Å². The van der Waals surface area contributed by atoms with Crippen LogP contribution in [0.25, 0.3) is 0 Å². The summed E-state index contributed by atoms with van der Waals surface area (Å²) in [5, 5.41) is 96.5. The fraction of sp³-hybridized carbons (Fsp3) is 0.909. The molecule has 0 aromatic heterocycles. The molecule has 0 aromatic rings. The van der Waals surface area contributed by atoms with Crippen molar-refractivity contribution < 1.29 is 79.2 Å². The molecule has 3 rings (SSSR count). The van der Waals surface area contributed by atoms with E-state index in [-0.39, 0.29) is 0 Å². The maximum Gasteiger partial charge on any atom is 0.217 e. The Hall–Kier alpha value is -1.62. The van der Waals surface area contributed by atoms with Gasteiger partial charge in [0.2, 0.25) is 11.8 Å². The highest BCUT2D eigenvalue weighted by atomic mass is 16.7. The van der Waals surface area contributed by atoms with Crippen LogP contribution >= 0.6 is 0 Å². The molecule has 3 aliphatic rings. The van der Waals surface area contributed by atoms with Crippen molar-refractivity contribution in [2.24, 2.45) is 0 Å². The van der Waals surface area contributed by atoms with Crippen molar-refractivity contribution in [2.75, 3.05) is 19.8 Å². The predicted octanol–water partition coefficient (Wildman–Crippen LogP) is -7.29. The molecular formula is C22H38N2O16. The van der Waals surface area contributed by atoms with Crippen molar-refractivity contribution in [2.45, 2.75) is 106 Å². The number of amides is 2. The van der Waals surface area contributed by atoms with Gasteiger partial charge < -0.3 is 80.3 Å². The van der Waals surface area contributed by atoms with Crippen molar-refractivity contribution in [1.29, 1.82) is 0 Å². The quantitative estimate of drug-likeness (QED) is 0.120. The number of aliphatic hydroxyl groups excluding tert-OH is 9. The van der Waals surface area contributed by atoms with E-state index in [1.807, 2.05) is 0 Å². The van der Waals surface area contributed by atoms with Gasteiger partial charge in [-0.15, -0.1) is 0 Å². The molecule has 0 radical (unpaired) electrons. The van der Waals surface area contributed by atoms with E-state index in [0.717, 1.165) is 13.8 Å². The lowest BCUT2D eigenvalue weighted by molar-refractivity contribution is -0.358. The van der Waals surface area contributed by atoms with E-state index < -0.39 is 124 Å². The van der Waals surface area contributed by atoms with E-state index in [4.69, 9.17) is 23.7 Å². The van der Waals surface area contributed by atoms with Gasteiger partial charge in [-0.25, -0.2) is 0 Å². The van der Waals surface area contributed by atoms with Crippen LogP contribution in [0, 0.1) is 0 Å². The van der Waals surface area contributed by atoms with Crippen LogP contribution in [-0.4, -0.2) is 170 Å². The van der Waals surface area contributed by atoms with Crippen LogP contribution in [0.15, 0.2) is 0 Å². The minimum Gasteiger partial charge on any atom is -0.394 e. The molecule has 0 aliphatic carbocycles. The first kappa shape index (κ1) is 32.9. The molecule has 0 unspecified atom stereocenters. The Morgan fingerprint density at radius 3 is 1.65 bits per heavy atom. The minimum absolute atomic E-state index is 0.630. The molecule has 2 amide bonds. The molecule has 3 heterocycles. The first-order valence-corrected chi connectivity index (χ1v) is 12.6. The van der Waals surface area contributed by atoms with Crippen LogP contribution in [0.4, 0.5) is 0 Å². The lowest BCUT2D eigenvalue weighted by Crippen LogP contribution is -2.70. The van der Waals surface area contributed by atoms with E-state index in [1.165, 1.54) is 0 Å². The van der Waals surface area contributed by atoms with Gasteiger partial charge in [0.15, 0.2) is 18.9 Å². The van der Waals surface area contributed by atoms with Crippen LogP contribution in [-0.2, 0) is 33.3 Å². The summed E-state index contributed by atoms with van der Waals surface area (Å²) in [5.74, 6) is -1.32. The molecular weight excluding hydrogens is 548 g/mol. The van der Waals surface area contributed by atoms with E-state index in [1.54, 1.807) is 0 Å². The van der Waals surface area contributed by atoms with E-state index in [9.17, 15) is 55.5 Å². The van der Waals surface area contributed by atoms with Gasteiger partial charge in [0.1, 0.15) is 73.1 Å². The zero-order chi connectivity index (χ0) is 29.9. The zero-order valence-corrected chi connectivity index (χ0v) is 21.7. The van der Waals surface area contributed by atoms with Gasteiger partial charge in [-0.05, 0) is 0 Å². The highest BCUT2D eigenvalue weighted by Gasteiger charge is 2.54. The third kappa shape index (κ3) is 7.05. The number of hydrogen-bond donors (Lipinski definition) is 11. The van der Waals surface area contributed by atoms with E-state index in [0.29, 0.717) is 0 Å².